The van der Waals surface area contributed by atoms with Crippen LogP contribution >= 0.6 is 11.8 Å². The number of hydrogen-bond acceptors (Lipinski definition) is 7. The van der Waals surface area contributed by atoms with Gasteiger partial charge in [-0.25, -0.2) is 8.78 Å². The summed E-state index contributed by atoms with van der Waals surface area (Å²) in [6, 6.07) is 9.03. The van der Waals surface area contributed by atoms with Gasteiger partial charge in [0.25, 0.3) is 0 Å². The number of carbonyl (C=O) groups excluding carboxylic acids is 1. The van der Waals surface area contributed by atoms with E-state index >= 15 is 4.39 Å². The topological polar surface area (TPSA) is 116 Å². The second kappa shape index (κ2) is 8.39. The van der Waals surface area contributed by atoms with Gasteiger partial charge in [-0.1, -0.05) is 17.8 Å². The predicted octanol–water partition coefficient (Wildman–Crippen LogP) is 3.58. The van der Waals surface area contributed by atoms with E-state index in [1.54, 1.807) is 18.7 Å². The highest BCUT2D eigenvalue weighted by Gasteiger charge is 2.71. The van der Waals surface area contributed by atoms with Crippen LogP contribution in [-0.4, -0.2) is 49.5 Å². The zero-order valence-electron chi connectivity index (χ0n) is 19.8. The number of likely N-dealkylation sites (tertiary alicyclic amines) is 1. The van der Waals surface area contributed by atoms with Gasteiger partial charge < -0.3 is 15.7 Å². The molecule has 2 aliphatic heterocycles. The Morgan fingerprint density at radius 2 is 2.14 bits per heavy atom. The Bertz CT molecular complexity index is 1350. The maximum absolute atomic E-state index is 15.2. The first-order chi connectivity index (χ1) is 17.0. The summed E-state index contributed by atoms with van der Waals surface area (Å²) in [7, 11) is 0. The van der Waals surface area contributed by atoms with Crippen molar-refractivity contribution < 1.29 is 18.7 Å². The van der Waals surface area contributed by atoms with E-state index in [9.17, 15) is 14.3 Å². The van der Waals surface area contributed by atoms with E-state index in [0.717, 1.165) is 0 Å². The maximum atomic E-state index is 15.2. The fourth-order valence-electron chi connectivity index (χ4n) is 5.28. The summed E-state index contributed by atoms with van der Waals surface area (Å²) in [6.07, 6.45) is 3.48. The van der Waals surface area contributed by atoms with Crippen molar-refractivity contribution in [3.05, 3.63) is 64.7 Å². The van der Waals surface area contributed by atoms with E-state index in [1.165, 1.54) is 54.4 Å². The third-order valence-corrected chi connectivity index (χ3v) is 8.58. The smallest absolute Gasteiger partial charge is 0.239 e. The lowest BCUT2D eigenvalue weighted by atomic mass is 9.84. The number of pyridine rings is 1. The minimum atomic E-state index is -1.12. The van der Waals surface area contributed by atoms with Crippen molar-refractivity contribution in [1.29, 1.82) is 5.26 Å². The molecule has 3 heterocycles. The first kappa shape index (κ1) is 24.4. The van der Waals surface area contributed by atoms with E-state index in [4.69, 9.17) is 11.0 Å². The molecule has 0 spiro atoms. The number of nitrogens with zero attached hydrogens (tertiary/aromatic N) is 4. The van der Waals surface area contributed by atoms with Gasteiger partial charge in [-0.3, -0.25) is 14.8 Å². The highest BCUT2D eigenvalue weighted by atomic mass is 32.2. The number of nitrogens with two attached hydrogens (primary N) is 1. The minimum Gasteiger partial charge on any atom is -0.388 e. The molecular weight excluding hydrogens is 484 g/mol. The Labute approximate surface area is 211 Å². The van der Waals surface area contributed by atoms with Crippen molar-refractivity contribution in [1.82, 2.24) is 9.88 Å². The van der Waals surface area contributed by atoms with Crippen molar-refractivity contribution in [2.45, 2.75) is 42.6 Å². The molecule has 3 aliphatic rings. The number of nitriles is 1. The molecule has 3 N–H and O–H groups in total. The third kappa shape index (κ3) is 4.06. The number of fused-ring (bicyclic) bond motifs is 1. The summed E-state index contributed by atoms with van der Waals surface area (Å²) in [5.41, 5.74) is 5.12. The Hall–Kier alpha value is -3.29. The highest BCUT2D eigenvalue weighted by Crippen LogP contribution is 2.66. The van der Waals surface area contributed by atoms with Crippen LogP contribution in [0.2, 0.25) is 0 Å². The lowest BCUT2D eigenvalue weighted by Gasteiger charge is -2.35. The van der Waals surface area contributed by atoms with E-state index in [-0.39, 0.29) is 34.8 Å². The summed E-state index contributed by atoms with van der Waals surface area (Å²) in [5, 5.41) is 19.4. The van der Waals surface area contributed by atoms with Crippen LogP contribution in [0.1, 0.15) is 49.1 Å². The molecule has 4 atom stereocenters. The van der Waals surface area contributed by atoms with E-state index in [0.29, 0.717) is 30.5 Å². The average molecular weight is 510 g/mol. The number of thioether (sulfide) groups is 1. The van der Waals surface area contributed by atoms with Crippen LogP contribution in [0.25, 0.3) is 11.9 Å². The van der Waals surface area contributed by atoms with Gasteiger partial charge in [-0.05, 0) is 62.6 Å². The average Bonchev–Trinajstić information content (AvgIpc) is 3.48. The number of amidine groups is 1. The number of aromatic nitrogens is 1. The van der Waals surface area contributed by atoms with Crippen LogP contribution in [0.3, 0.4) is 0 Å². The van der Waals surface area contributed by atoms with Crippen LogP contribution in [0.15, 0.2) is 41.5 Å². The van der Waals surface area contributed by atoms with Crippen molar-refractivity contribution >= 4 is 34.7 Å². The van der Waals surface area contributed by atoms with Crippen LogP contribution in [0, 0.1) is 23.1 Å². The second-order valence-corrected chi connectivity index (χ2v) is 11.4. The van der Waals surface area contributed by atoms with Gasteiger partial charge in [0.15, 0.2) is 5.17 Å². The molecule has 0 bridgehead atoms. The normalized spacial score (nSPS) is 31.4. The SMILES string of the molecule is C[C@@]1(O)CCN(C(=O)[C@]23C[C@H]2[C@@](C)(c2cc(/C=C(\F)c4ccc(C#N)cn4)ccc2F)N=C(N)S3)C1. The van der Waals surface area contributed by atoms with Crippen molar-refractivity contribution in [3.63, 3.8) is 0 Å². The molecule has 1 saturated heterocycles. The minimum absolute atomic E-state index is 0.0516. The Morgan fingerprint density at radius 3 is 2.78 bits per heavy atom. The van der Waals surface area contributed by atoms with Gasteiger partial charge in [0.1, 0.15) is 22.5 Å². The molecule has 2 fully saturated rings. The molecule has 186 valence electrons. The van der Waals surface area contributed by atoms with Crippen molar-refractivity contribution in [2.75, 3.05) is 13.1 Å². The number of benzene rings is 1. The molecule has 1 aliphatic carbocycles. The van der Waals surface area contributed by atoms with E-state index in [2.05, 4.69) is 9.98 Å². The highest BCUT2D eigenvalue weighted by molar-refractivity contribution is 8.15. The Balaban J connectivity index is 1.47. The zero-order chi connectivity index (χ0) is 25.9. The number of aliphatic imine (C=N–C) groups is 1. The summed E-state index contributed by atoms with van der Waals surface area (Å²) >= 11 is 1.21. The van der Waals surface area contributed by atoms with Gasteiger partial charge in [0, 0.05) is 30.8 Å². The molecule has 0 radical (unpaired) electrons. The standard InChI is InChI=1S/C26H25F2N5O2S/c1-24(35)7-8-33(14-24)22(34)26-11-21(26)25(2,32-23(30)36-26)17-9-15(3-5-18(17)27)10-19(28)20-6-4-16(12-29)13-31-20/h3-6,9-10,13,21,35H,7-8,11,14H2,1-2H3,(H2,30,32)/b19-10-/t21-,24+,25+,26-/m0/s1. The number of β-amino-alcohol motifs (C(OH)–C–C–N with tert-alkyl or cyclic N) is 1. The Kier molecular flexibility index (Phi) is 5.69. The van der Waals surface area contributed by atoms with Crippen LogP contribution in [0.4, 0.5) is 8.78 Å². The molecule has 1 aromatic heterocycles. The molecule has 10 heteroatoms. The Morgan fingerprint density at radius 1 is 1.36 bits per heavy atom. The number of hydrogen-bond donors (Lipinski definition) is 2. The maximum Gasteiger partial charge on any atom is 0.239 e. The lowest BCUT2D eigenvalue weighted by molar-refractivity contribution is -0.131. The second-order valence-electron chi connectivity index (χ2n) is 10.1. The molecule has 1 aromatic carbocycles. The van der Waals surface area contributed by atoms with Gasteiger partial charge in [-0.15, -0.1) is 0 Å². The molecule has 2 aromatic rings. The molecule has 7 nitrogen and oxygen atoms in total. The first-order valence-corrected chi connectivity index (χ1v) is 12.4. The molecule has 0 unspecified atom stereocenters. The van der Waals surface area contributed by atoms with Gasteiger partial charge in [-0.2, -0.15) is 5.26 Å². The van der Waals surface area contributed by atoms with E-state index < -0.39 is 27.5 Å². The van der Waals surface area contributed by atoms with Gasteiger partial charge in [0.2, 0.25) is 5.91 Å². The van der Waals surface area contributed by atoms with Crippen LogP contribution < -0.4 is 5.73 Å². The summed E-state index contributed by atoms with van der Waals surface area (Å²) in [4.78, 5) is 23.7. The number of amides is 1. The van der Waals surface area contributed by atoms with Crippen LogP contribution in [-0.2, 0) is 10.3 Å². The summed E-state index contributed by atoms with van der Waals surface area (Å²) < 4.78 is 29.2. The van der Waals surface area contributed by atoms with Crippen molar-refractivity contribution in [2.24, 2.45) is 16.6 Å². The van der Waals surface area contributed by atoms with E-state index in [1.807, 2.05) is 6.07 Å². The molecule has 5 rings (SSSR count). The quantitative estimate of drug-likeness (QED) is 0.651. The molecular formula is C26H25F2N5O2S. The molecule has 36 heavy (non-hydrogen) atoms. The lowest BCUT2D eigenvalue weighted by Crippen LogP contribution is -2.46. The van der Waals surface area contributed by atoms with Gasteiger partial charge in [0.05, 0.1) is 22.4 Å². The van der Waals surface area contributed by atoms with Gasteiger partial charge >= 0.3 is 0 Å². The number of carbonyl (C=O) groups is 1. The monoisotopic (exact) mass is 509 g/mol. The summed E-state index contributed by atoms with van der Waals surface area (Å²) in [5.74, 6) is -1.58. The molecule has 1 saturated carbocycles. The number of rotatable bonds is 4. The van der Waals surface area contributed by atoms with Crippen molar-refractivity contribution in [3.8, 4) is 6.07 Å². The zero-order valence-corrected chi connectivity index (χ0v) is 20.6. The molecule has 1 amide bonds. The fraction of sp³-hybridized carbons (Fsp3) is 0.385. The largest absolute Gasteiger partial charge is 0.388 e. The first-order valence-electron chi connectivity index (χ1n) is 11.6. The van der Waals surface area contributed by atoms with Crippen LogP contribution in [0.5, 0.6) is 0 Å². The third-order valence-electron chi connectivity index (χ3n) is 7.29. The fourth-order valence-corrected chi connectivity index (χ4v) is 6.73. The summed E-state index contributed by atoms with van der Waals surface area (Å²) in [6.45, 7) is 4.15. The number of halogens is 2. The number of aliphatic hydroxyl groups is 1. The predicted molar refractivity (Wildman–Crippen MR) is 134 cm³/mol.